The van der Waals surface area contributed by atoms with Crippen LogP contribution in [-0.4, -0.2) is 35.5 Å². The van der Waals surface area contributed by atoms with Crippen molar-refractivity contribution >= 4 is 29.1 Å². The lowest BCUT2D eigenvalue weighted by atomic mass is 10.1. The van der Waals surface area contributed by atoms with E-state index in [9.17, 15) is 4.79 Å². The van der Waals surface area contributed by atoms with Crippen LogP contribution in [0.4, 0.5) is 10.5 Å². The molecule has 1 amide bonds. The van der Waals surface area contributed by atoms with Crippen LogP contribution in [0.5, 0.6) is 5.88 Å². The van der Waals surface area contributed by atoms with Crippen LogP contribution >= 0.6 is 11.6 Å². The van der Waals surface area contributed by atoms with E-state index >= 15 is 0 Å². The van der Waals surface area contributed by atoms with E-state index in [-0.39, 0.29) is 12.0 Å². The lowest BCUT2D eigenvalue weighted by Crippen LogP contribution is -2.30. The highest BCUT2D eigenvalue weighted by molar-refractivity contribution is 6.22. The van der Waals surface area contributed by atoms with Crippen molar-refractivity contribution in [3.8, 4) is 5.88 Å². The summed E-state index contributed by atoms with van der Waals surface area (Å²) in [6.45, 7) is 0.211. The van der Waals surface area contributed by atoms with Crippen LogP contribution in [0, 0.1) is 0 Å². The Kier molecular flexibility index (Phi) is 6.16. The number of hydroxylamine groups is 1. The molecule has 0 bridgehead atoms. The second-order valence-corrected chi connectivity index (χ2v) is 6.26. The lowest BCUT2D eigenvalue weighted by Gasteiger charge is -2.20. The van der Waals surface area contributed by atoms with Crippen LogP contribution in [0.2, 0.25) is 0 Å². The first kappa shape index (κ1) is 19.0. The lowest BCUT2D eigenvalue weighted by molar-refractivity contribution is 0.115. The minimum atomic E-state index is -0.622. The van der Waals surface area contributed by atoms with Crippen LogP contribution in [0.1, 0.15) is 12.0 Å². The first-order chi connectivity index (χ1) is 13.1. The molecule has 8 heteroatoms. The summed E-state index contributed by atoms with van der Waals surface area (Å²) in [5, 5.41) is 5.51. The van der Waals surface area contributed by atoms with Crippen molar-refractivity contribution in [1.29, 1.82) is 0 Å². The van der Waals surface area contributed by atoms with Gasteiger partial charge in [-0.05, 0) is 18.6 Å². The molecule has 1 unspecified atom stereocenters. The molecule has 3 rings (SSSR count). The van der Waals surface area contributed by atoms with Gasteiger partial charge in [-0.3, -0.25) is 4.84 Å². The first-order valence-corrected chi connectivity index (χ1v) is 8.77. The van der Waals surface area contributed by atoms with Gasteiger partial charge in [0.2, 0.25) is 5.88 Å². The number of ether oxygens (including phenoxy) is 2. The van der Waals surface area contributed by atoms with Crippen LogP contribution in [0.15, 0.2) is 54.8 Å². The van der Waals surface area contributed by atoms with Crippen LogP contribution < -0.4 is 9.80 Å². The van der Waals surface area contributed by atoms with Gasteiger partial charge >= 0.3 is 6.09 Å². The number of halogens is 1. The standard InChI is InChI=1S/C19H20ClN3O4/c1-25-19(24)23(26-2)17-6-4-3-5-14(17)13-27-18-11-12-22(21-18)16-9-7-15(20)8-10-16/h3-7,9-12,15H,8,13H2,1-2H3. The number of rotatable bonds is 6. The number of nitrogens with zero attached hydrogens (tertiary/aromatic N) is 3. The van der Waals surface area contributed by atoms with Crippen molar-refractivity contribution in [2.45, 2.75) is 18.4 Å². The summed E-state index contributed by atoms with van der Waals surface area (Å²) in [5.74, 6) is 0.467. The highest BCUT2D eigenvalue weighted by Crippen LogP contribution is 2.24. The molecule has 7 nitrogen and oxygen atoms in total. The number of carbonyl (C=O) groups is 1. The highest BCUT2D eigenvalue weighted by atomic mass is 35.5. The fourth-order valence-electron chi connectivity index (χ4n) is 2.62. The van der Waals surface area contributed by atoms with Gasteiger partial charge < -0.3 is 9.47 Å². The Bertz CT molecular complexity index is 862. The number of amides is 1. The molecule has 0 saturated carbocycles. The Balaban J connectivity index is 1.71. The van der Waals surface area contributed by atoms with Gasteiger partial charge in [0.25, 0.3) is 0 Å². The molecule has 1 heterocycles. The van der Waals surface area contributed by atoms with Gasteiger partial charge in [0.05, 0.1) is 31.0 Å². The zero-order valence-corrected chi connectivity index (χ0v) is 15.8. The smallest absolute Gasteiger partial charge is 0.438 e. The van der Waals surface area contributed by atoms with Crippen molar-refractivity contribution in [3.05, 3.63) is 60.3 Å². The second-order valence-electron chi connectivity index (χ2n) is 5.70. The van der Waals surface area contributed by atoms with E-state index in [1.165, 1.54) is 14.2 Å². The number of aromatic nitrogens is 2. The summed E-state index contributed by atoms with van der Waals surface area (Å²) < 4.78 is 12.3. The van der Waals surface area contributed by atoms with E-state index in [0.29, 0.717) is 11.6 Å². The molecule has 1 aliphatic carbocycles. The molecule has 0 saturated heterocycles. The van der Waals surface area contributed by atoms with Crippen LogP contribution in [0.25, 0.3) is 5.70 Å². The zero-order valence-electron chi connectivity index (χ0n) is 15.0. The van der Waals surface area contributed by atoms with Gasteiger partial charge in [0.15, 0.2) is 0 Å². The number of benzene rings is 1. The predicted octanol–water partition coefficient (Wildman–Crippen LogP) is 4.00. The monoisotopic (exact) mass is 389 g/mol. The Morgan fingerprint density at radius 2 is 2.15 bits per heavy atom. The third kappa shape index (κ3) is 4.50. The molecule has 0 radical (unpaired) electrons. The number of carbonyl (C=O) groups excluding carboxylic acids is 1. The highest BCUT2D eigenvalue weighted by Gasteiger charge is 2.19. The summed E-state index contributed by atoms with van der Waals surface area (Å²) in [7, 11) is 2.69. The van der Waals surface area contributed by atoms with Gasteiger partial charge in [0.1, 0.15) is 6.61 Å². The third-order valence-electron chi connectivity index (χ3n) is 3.97. The van der Waals surface area contributed by atoms with Crippen molar-refractivity contribution in [2.75, 3.05) is 19.3 Å². The summed E-state index contributed by atoms with van der Waals surface area (Å²) in [6.07, 6.45) is 7.85. The molecule has 0 N–H and O–H groups in total. The summed E-state index contributed by atoms with van der Waals surface area (Å²) >= 11 is 6.04. The molecule has 1 aromatic heterocycles. The predicted molar refractivity (Wildman–Crippen MR) is 103 cm³/mol. The molecular weight excluding hydrogens is 370 g/mol. The van der Waals surface area contributed by atoms with Crippen molar-refractivity contribution in [2.24, 2.45) is 0 Å². The zero-order chi connectivity index (χ0) is 19.2. The molecule has 27 heavy (non-hydrogen) atoms. The van der Waals surface area contributed by atoms with Crippen molar-refractivity contribution in [1.82, 2.24) is 9.78 Å². The number of anilines is 1. The average Bonchev–Trinajstić information content (AvgIpc) is 3.17. The van der Waals surface area contributed by atoms with Gasteiger partial charge in [-0.25, -0.2) is 9.48 Å². The van der Waals surface area contributed by atoms with E-state index < -0.39 is 6.09 Å². The Labute approximate surface area is 162 Å². The van der Waals surface area contributed by atoms with Crippen LogP contribution in [0.3, 0.4) is 0 Å². The largest absolute Gasteiger partial charge is 0.472 e. The SMILES string of the molecule is COC(=O)N(OC)c1ccccc1COc1ccn(C2=CCC(Cl)C=C2)n1. The normalized spacial score (nSPS) is 16.0. The van der Waals surface area contributed by atoms with Gasteiger partial charge in [-0.1, -0.05) is 30.4 Å². The van der Waals surface area contributed by atoms with E-state index in [1.807, 2.05) is 36.6 Å². The summed E-state index contributed by atoms with van der Waals surface area (Å²) in [4.78, 5) is 17.0. The number of para-hydroxylation sites is 1. The van der Waals surface area contributed by atoms with Crippen molar-refractivity contribution < 1.29 is 19.1 Å². The molecule has 142 valence electrons. The quantitative estimate of drug-likeness (QED) is 0.551. The van der Waals surface area contributed by atoms with Crippen molar-refractivity contribution in [3.63, 3.8) is 0 Å². The molecule has 2 aromatic rings. The molecule has 1 atom stereocenters. The first-order valence-electron chi connectivity index (χ1n) is 8.33. The minimum Gasteiger partial charge on any atom is -0.472 e. The molecule has 1 aliphatic rings. The number of hydrogen-bond acceptors (Lipinski definition) is 5. The number of hydrogen-bond donors (Lipinski definition) is 0. The summed E-state index contributed by atoms with van der Waals surface area (Å²) in [6, 6.07) is 9.02. The van der Waals surface area contributed by atoms with E-state index in [0.717, 1.165) is 22.7 Å². The van der Waals surface area contributed by atoms with Gasteiger partial charge in [0, 0.05) is 17.8 Å². The fraction of sp³-hybridized carbons (Fsp3) is 0.263. The Morgan fingerprint density at radius 3 is 2.85 bits per heavy atom. The molecule has 0 spiro atoms. The maximum atomic E-state index is 11.9. The third-order valence-corrected chi connectivity index (χ3v) is 4.29. The number of allylic oxidation sites excluding steroid dienone is 4. The van der Waals surface area contributed by atoms with E-state index in [1.54, 1.807) is 22.9 Å². The Morgan fingerprint density at radius 1 is 1.33 bits per heavy atom. The van der Waals surface area contributed by atoms with E-state index in [2.05, 4.69) is 5.10 Å². The maximum absolute atomic E-state index is 11.9. The second kappa shape index (κ2) is 8.75. The number of alkyl halides is 1. The topological polar surface area (TPSA) is 65.8 Å². The fourth-order valence-corrected chi connectivity index (χ4v) is 2.78. The molecule has 0 fully saturated rings. The molecule has 0 aliphatic heterocycles. The maximum Gasteiger partial charge on any atom is 0.438 e. The van der Waals surface area contributed by atoms with Gasteiger partial charge in [-0.2, -0.15) is 5.06 Å². The molecule has 1 aromatic carbocycles. The van der Waals surface area contributed by atoms with Crippen LogP contribution in [-0.2, 0) is 16.2 Å². The van der Waals surface area contributed by atoms with E-state index in [4.69, 9.17) is 25.9 Å². The van der Waals surface area contributed by atoms with Gasteiger partial charge in [-0.15, -0.1) is 16.7 Å². The minimum absolute atomic E-state index is 0.0232. The summed E-state index contributed by atoms with van der Waals surface area (Å²) in [5.41, 5.74) is 2.23. The molecular formula is C19H20ClN3O4. The number of methoxy groups -OCH3 is 1. The Hall–Kier alpha value is -2.77. The average molecular weight is 390 g/mol.